The van der Waals surface area contributed by atoms with Crippen molar-refractivity contribution in [1.29, 1.82) is 0 Å². The van der Waals surface area contributed by atoms with Crippen molar-refractivity contribution in [3.63, 3.8) is 0 Å². The lowest BCUT2D eigenvalue weighted by molar-refractivity contribution is 0.393. The van der Waals surface area contributed by atoms with Crippen LogP contribution in [0.1, 0.15) is 35.6 Å². The van der Waals surface area contributed by atoms with Gasteiger partial charge in [-0.25, -0.2) is 9.97 Å². The lowest BCUT2D eigenvalue weighted by Crippen LogP contribution is -2.05. The number of nitrogens with zero attached hydrogens (tertiary/aromatic N) is 5. The second-order valence-electron chi connectivity index (χ2n) is 7.68. The summed E-state index contributed by atoms with van der Waals surface area (Å²) in [7, 11) is 1.68. The number of aryl methyl sites for hydroxylation is 4. The van der Waals surface area contributed by atoms with Gasteiger partial charge in [-0.05, 0) is 45.9 Å². The van der Waals surface area contributed by atoms with Crippen LogP contribution < -0.4 is 4.74 Å². The molecule has 0 saturated heterocycles. The first kappa shape index (κ1) is 19.3. The molecular formula is C23H24N6O2. The maximum atomic E-state index is 5.77. The molecule has 0 aliphatic heterocycles. The van der Waals surface area contributed by atoms with Gasteiger partial charge in [0.2, 0.25) is 0 Å². The first-order valence-corrected chi connectivity index (χ1v) is 10.3. The van der Waals surface area contributed by atoms with E-state index < -0.39 is 0 Å². The van der Waals surface area contributed by atoms with E-state index in [1.165, 1.54) is 0 Å². The highest BCUT2D eigenvalue weighted by molar-refractivity contribution is 6.09. The highest BCUT2D eigenvalue weighted by atomic mass is 16.5. The zero-order chi connectivity index (χ0) is 21.7. The van der Waals surface area contributed by atoms with Gasteiger partial charge in [0.25, 0.3) is 0 Å². The van der Waals surface area contributed by atoms with Crippen molar-refractivity contribution in [1.82, 2.24) is 29.9 Å². The zero-order valence-electron chi connectivity index (χ0n) is 18.3. The van der Waals surface area contributed by atoms with Gasteiger partial charge >= 0.3 is 0 Å². The molecule has 8 nitrogen and oxygen atoms in total. The van der Waals surface area contributed by atoms with Crippen molar-refractivity contribution < 1.29 is 9.26 Å². The SMILES string of the molecule is CCn1nccc1Cc1nc(C)nc2[nH]c3cc(-c4c(C)noc4C)c(OC)cc3c12. The molecule has 4 aromatic heterocycles. The molecule has 0 atom stereocenters. The molecule has 5 rings (SSSR count). The number of rotatable bonds is 5. The molecule has 0 fully saturated rings. The minimum Gasteiger partial charge on any atom is -0.496 e. The molecule has 0 amide bonds. The van der Waals surface area contributed by atoms with Gasteiger partial charge in [-0.3, -0.25) is 4.68 Å². The Labute approximate surface area is 179 Å². The lowest BCUT2D eigenvalue weighted by Gasteiger charge is -2.10. The maximum absolute atomic E-state index is 5.77. The van der Waals surface area contributed by atoms with E-state index in [0.29, 0.717) is 6.42 Å². The molecule has 31 heavy (non-hydrogen) atoms. The number of hydrogen-bond donors (Lipinski definition) is 1. The highest BCUT2D eigenvalue weighted by Gasteiger charge is 2.20. The van der Waals surface area contributed by atoms with E-state index in [1.807, 2.05) is 37.7 Å². The first-order chi connectivity index (χ1) is 15.0. The second-order valence-corrected chi connectivity index (χ2v) is 7.68. The fourth-order valence-electron chi connectivity index (χ4n) is 4.35. The quantitative estimate of drug-likeness (QED) is 0.453. The molecular weight excluding hydrogens is 392 g/mol. The van der Waals surface area contributed by atoms with Gasteiger partial charge in [0.1, 0.15) is 23.0 Å². The van der Waals surface area contributed by atoms with Gasteiger partial charge < -0.3 is 14.2 Å². The van der Waals surface area contributed by atoms with Crippen LogP contribution >= 0.6 is 0 Å². The number of benzene rings is 1. The third-order valence-electron chi connectivity index (χ3n) is 5.71. The summed E-state index contributed by atoms with van der Waals surface area (Å²) in [6.07, 6.45) is 2.51. The highest BCUT2D eigenvalue weighted by Crippen LogP contribution is 2.40. The average molecular weight is 416 g/mol. The van der Waals surface area contributed by atoms with Gasteiger partial charge in [0.15, 0.2) is 0 Å². The number of methoxy groups -OCH3 is 1. The molecule has 0 aliphatic carbocycles. The van der Waals surface area contributed by atoms with Crippen LogP contribution in [0.5, 0.6) is 5.75 Å². The average Bonchev–Trinajstić information content (AvgIpc) is 3.43. The van der Waals surface area contributed by atoms with E-state index in [-0.39, 0.29) is 0 Å². The fraction of sp³-hybridized carbons (Fsp3) is 0.304. The molecule has 0 spiro atoms. The molecule has 0 unspecified atom stereocenters. The van der Waals surface area contributed by atoms with Crippen molar-refractivity contribution in [2.75, 3.05) is 7.11 Å². The summed E-state index contributed by atoms with van der Waals surface area (Å²) in [6.45, 7) is 8.67. The predicted octanol–water partition coefficient (Wildman–Crippen LogP) is 4.51. The Morgan fingerprint density at radius 2 is 2.00 bits per heavy atom. The second kappa shape index (κ2) is 7.23. The fourth-order valence-corrected chi connectivity index (χ4v) is 4.35. The Morgan fingerprint density at radius 3 is 2.71 bits per heavy atom. The Hall–Kier alpha value is -3.68. The number of fused-ring (bicyclic) bond motifs is 3. The number of nitrogens with one attached hydrogen (secondary N) is 1. The molecule has 0 radical (unpaired) electrons. The Kier molecular flexibility index (Phi) is 4.50. The van der Waals surface area contributed by atoms with Crippen LogP contribution in [-0.4, -0.2) is 37.0 Å². The van der Waals surface area contributed by atoms with Crippen LogP contribution in [0.2, 0.25) is 0 Å². The number of H-pyrrole nitrogens is 1. The molecule has 0 aliphatic rings. The monoisotopic (exact) mass is 416 g/mol. The van der Waals surface area contributed by atoms with Crippen LogP contribution in [0.4, 0.5) is 0 Å². The standard InChI is InChI=1S/C23H24N6O2/c1-6-29-15(7-8-24-29)9-19-22-16-11-20(30-5)17(21-12(2)28-31-13(21)3)10-18(16)27-23(22)26-14(4)25-19/h7-8,10-11H,6,9H2,1-5H3,(H,25,26,27). The van der Waals surface area contributed by atoms with E-state index in [0.717, 1.165) is 74.0 Å². The largest absolute Gasteiger partial charge is 0.496 e. The predicted molar refractivity (Wildman–Crippen MR) is 118 cm³/mol. The van der Waals surface area contributed by atoms with Crippen LogP contribution in [0.3, 0.4) is 0 Å². The molecule has 158 valence electrons. The van der Waals surface area contributed by atoms with E-state index in [1.54, 1.807) is 7.11 Å². The lowest BCUT2D eigenvalue weighted by atomic mass is 10.00. The van der Waals surface area contributed by atoms with Crippen LogP contribution in [0, 0.1) is 20.8 Å². The maximum Gasteiger partial charge on any atom is 0.142 e. The van der Waals surface area contributed by atoms with Crippen molar-refractivity contribution in [2.45, 2.75) is 40.7 Å². The van der Waals surface area contributed by atoms with Crippen molar-refractivity contribution in [3.05, 3.63) is 53.1 Å². The molecule has 0 saturated carbocycles. The molecule has 1 N–H and O–H groups in total. The smallest absolute Gasteiger partial charge is 0.142 e. The minimum atomic E-state index is 0.675. The normalized spacial score (nSPS) is 11.6. The third kappa shape index (κ3) is 3.06. The van der Waals surface area contributed by atoms with Gasteiger partial charge in [0.05, 0.1) is 24.1 Å². The number of aromatic nitrogens is 6. The van der Waals surface area contributed by atoms with E-state index in [2.05, 4.69) is 39.3 Å². The number of hydrogen-bond acceptors (Lipinski definition) is 6. The van der Waals surface area contributed by atoms with Gasteiger partial charge in [-0.15, -0.1) is 0 Å². The van der Waals surface area contributed by atoms with Crippen molar-refractivity contribution >= 4 is 21.9 Å². The summed E-state index contributed by atoms with van der Waals surface area (Å²) in [5.74, 6) is 2.25. The first-order valence-electron chi connectivity index (χ1n) is 10.3. The Balaban J connectivity index is 1.76. The number of aromatic amines is 1. The van der Waals surface area contributed by atoms with Gasteiger partial charge in [-0.2, -0.15) is 5.10 Å². The Morgan fingerprint density at radius 1 is 1.16 bits per heavy atom. The Bertz CT molecular complexity index is 1410. The third-order valence-corrected chi connectivity index (χ3v) is 5.71. The van der Waals surface area contributed by atoms with Crippen molar-refractivity contribution in [3.8, 4) is 16.9 Å². The van der Waals surface area contributed by atoms with Crippen LogP contribution in [0.15, 0.2) is 28.9 Å². The molecule has 8 heteroatoms. The minimum absolute atomic E-state index is 0.675. The zero-order valence-corrected chi connectivity index (χ0v) is 18.3. The van der Waals surface area contributed by atoms with Crippen molar-refractivity contribution in [2.24, 2.45) is 0 Å². The summed E-state index contributed by atoms with van der Waals surface area (Å²) >= 11 is 0. The topological polar surface area (TPSA) is 94.7 Å². The molecule has 1 aromatic carbocycles. The van der Waals surface area contributed by atoms with Crippen LogP contribution in [-0.2, 0) is 13.0 Å². The molecule has 0 bridgehead atoms. The summed E-state index contributed by atoms with van der Waals surface area (Å²) in [6, 6.07) is 6.17. The van der Waals surface area contributed by atoms with Crippen LogP contribution in [0.25, 0.3) is 33.1 Å². The molecule has 4 heterocycles. The summed E-state index contributed by atoms with van der Waals surface area (Å²) in [5, 5.41) is 10.5. The molecule has 5 aromatic rings. The summed E-state index contributed by atoms with van der Waals surface area (Å²) in [5.41, 5.74) is 6.59. The van der Waals surface area contributed by atoms with E-state index in [9.17, 15) is 0 Å². The summed E-state index contributed by atoms with van der Waals surface area (Å²) in [4.78, 5) is 12.9. The van der Waals surface area contributed by atoms with E-state index >= 15 is 0 Å². The van der Waals surface area contributed by atoms with Gasteiger partial charge in [0, 0.05) is 46.7 Å². The summed E-state index contributed by atoms with van der Waals surface area (Å²) < 4.78 is 13.2. The van der Waals surface area contributed by atoms with E-state index in [4.69, 9.17) is 14.2 Å². The number of ether oxygens (including phenoxy) is 1. The van der Waals surface area contributed by atoms with Gasteiger partial charge in [-0.1, -0.05) is 5.16 Å².